The normalized spacial score (nSPS) is 20.8. The van der Waals surface area contributed by atoms with E-state index in [1.807, 2.05) is 45.3 Å². The maximum Gasteiger partial charge on any atom is 0.290 e. The monoisotopic (exact) mass is 578 g/mol. The number of benzene rings is 1. The zero-order valence-corrected chi connectivity index (χ0v) is 26.0. The molecule has 0 bridgehead atoms. The van der Waals surface area contributed by atoms with E-state index < -0.39 is 29.0 Å². The quantitative estimate of drug-likeness (QED) is 0.426. The van der Waals surface area contributed by atoms with Gasteiger partial charge < -0.3 is 20.2 Å². The molecule has 2 heterocycles. The van der Waals surface area contributed by atoms with Gasteiger partial charge in [0.2, 0.25) is 17.6 Å². The number of ketones is 1. The first-order valence-electron chi connectivity index (χ1n) is 14.3. The Morgan fingerprint density at radius 2 is 1.90 bits per heavy atom. The number of aliphatic hydroxyl groups is 1. The number of aryl methyl sites for hydroxylation is 1. The molecular weight excluding hydrogens is 536 g/mol. The summed E-state index contributed by atoms with van der Waals surface area (Å²) in [5.74, 6) is -1.53. The number of likely N-dealkylation sites (tertiary alicyclic amines) is 1. The summed E-state index contributed by atoms with van der Waals surface area (Å²) in [7, 11) is 0. The Labute approximate surface area is 247 Å². The van der Waals surface area contributed by atoms with Crippen LogP contribution in [-0.2, 0) is 26.3 Å². The van der Waals surface area contributed by atoms with Gasteiger partial charge in [-0.05, 0) is 40.5 Å². The second kappa shape index (κ2) is 11.3. The summed E-state index contributed by atoms with van der Waals surface area (Å²) in [4.78, 5) is 50.9. The van der Waals surface area contributed by atoms with E-state index in [1.165, 1.54) is 4.90 Å². The molecule has 8 nitrogen and oxygen atoms in total. The molecule has 1 saturated carbocycles. The lowest BCUT2D eigenvalue weighted by atomic mass is 9.76. The Kier molecular flexibility index (Phi) is 8.50. The number of thiazole rings is 1. The van der Waals surface area contributed by atoms with Crippen LogP contribution in [0.2, 0.25) is 0 Å². The van der Waals surface area contributed by atoms with Gasteiger partial charge in [-0.2, -0.15) is 0 Å². The number of Topliss-reactive ketones (excluding diaryl/α,β-unsaturated/α-hetero) is 1. The van der Waals surface area contributed by atoms with Gasteiger partial charge >= 0.3 is 0 Å². The molecular formula is C32H42N4O4S. The molecule has 0 radical (unpaired) electrons. The molecule has 3 atom stereocenters. The van der Waals surface area contributed by atoms with Crippen LogP contribution in [0.25, 0.3) is 15.3 Å². The Morgan fingerprint density at radius 1 is 1.22 bits per heavy atom. The standard InChI is InChI=1S/C32H42N4O4S/c1-19-27(41-18-35-19)20-9-10-21(23(13-20)30(2,3)4)16-34-28(39)25-14-22(37)17-36(25)29(40)24(31(5,6)7)15-26(38)32(33-8)11-12-32/h9-10,13,18,22,24-25,37H,11-12,14-17H2,1-7H3,(H,34,39)/t22-,24-,25+/m1/s1. The molecule has 2 aliphatic rings. The number of aliphatic hydroxyl groups excluding tert-OH is 1. The number of aromatic nitrogens is 1. The highest BCUT2D eigenvalue weighted by molar-refractivity contribution is 7.13. The molecule has 1 aromatic heterocycles. The molecule has 41 heavy (non-hydrogen) atoms. The predicted octanol–water partition coefficient (Wildman–Crippen LogP) is 5.07. The van der Waals surface area contributed by atoms with Crippen molar-refractivity contribution in [3.05, 3.63) is 51.9 Å². The van der Waals surface area contributed by atoms with E-state index in [4.69, 9.17) is 6.57 Å². The lowest BCUT2D eigenvalue weighted by Crippen LogP contribution is -2.50. The predicted molar refractivity (Wildman–Crippen MR) is 160 cm³/mol. The van der Waals surface area contributed by atoms with E-state index in [9.17, 15) is 19.5 Å². The van der Waals surface area contributed by atoms with Gasteiger partial charge in [0, 0.05) is 38.8 Å². The SMILES string of the molecule is [C-]#[N+]C1(C(=O)C[C@H](C(=O)N2C[C@H](O)C[C@H]2C(=O)NCc2ccc(-c3scnc3C)cc2C(C)(C)C)C(C)(C)C)CC1. The molecule has 2 fully saturated rings. The smallest absolute Gasteiger partial charge is 0.290 e. The fraction of sp³-hybridized carbons (Fsp3) is 0.594. The first-order chi connectivity index (χ1) is 19.1. The third-order valence-electron chi connectivity index (χ3n) is 8.43. The van der Waals surface area contributed by atoms with Crippen LogP contribution >= 0.6 is 11.3 Å². The van der Waals surface area contributed by atoms with Crippen molar-refractivity contribution in [3.8, 4) is 10.4 Å². The Balaban J connectivity index is 1.52. The van der Waals surface area contributed by atoms with Crippen molar-refractivity contribution in [1.82, 2.24) is 15.2 Å². The third-order valence-corrected chi connectivity index (χ3v) is 9.41. The van der Waals surface area contributed by atoms with E-state index in [1.54, 1.807) is 11.3 Å². The van der Waals surface area contributed by atoms with Gasteiger partial charge in [0.25, 0.3) is 5.54 Å². The number of carbonyl (C=O) groups excluding carboxylic acids is 3. The van der Waals surface area contributed by atoms with Gasteiger partial charge in [0.1, 0.15) is 6.04 Å². The zero-order chi connectivity index (χ0) is 30.3. The van der Waals surface area contributed by atoms with Crippen molar-refractivity contribution >= 4 is 28.9 Å². The largest absolute Gasteiger partial charge is 0.391 e. The molecule has 2 aromatic rings. The van der Waals surface area contributed by atoms with E-state index in [2.05, 4.69) is 42.0 Å². The number of nitrogens with one attached hydrogen (secondary N) is 1. The van der Waals surface area contributed by atoms with Gasteiger partial charge in [-0.15, -0.1) is 11.3 Å². The number of hydrogen-bond acceptors (Lipinski definition) is 6. The van der Waals surface area contributed by atoms with Crippen LogP contribution < -0.4 is 5.32 Å². The summed E-state index contributed by atoms with van der Waals surface area (Å²) >= 11 is 1.60. The van der Waals surface area contributed by atoms with Crippen LogP contribution in [0.3, 0.4) is 0 Å². The number of hydrogen-bond donors (Lipinski definition) is 2. The summed E-state index contributed by atoms with van der Waals surface area (Å²) in [6.07, 6.45) is 0.358. The van der Waals surface area contributed by atoms with Crippen molar-refractivity contribution in [3.63, 3.8) is 0 Å². The maximum absolute atomic E-state index is 13.9. The molecule has 0 unspecified atom stereocenters. The summed E-state index contributed by atoms with van der Waals surface area (Å²) in [5.41, 5.74) is 4.31. The fourth-order valence-corrected chi connectivity index (χ4v) is 6.47. The van der Waals surface area contributed by atoms with Gasteiger partial charge in [0.05, 0.1) is 28.1 Å². The number of amides is 2. The second-order valence-electron chi connectivity index (χ2n) is 13.7. The lowest BCUT2D eigenvalue weighted by molar-refractivity contribution is -0.146. The van der Waals surface area contributed by atoms with Crippen LogP contribution in [0, 0.1) is 24.8 Å². The van der Waals surface area contributed by atoms with Crippen LogP contribution in [0.1, 0.15) is 84.0 Å². The van der Waals surface area contributed by atoms with Crippen LogP contribution in [0.4, 0.5) is 0 Å². The van der Waals surface area contributed by atoms with Crippen molar-refractivity contribution in [1.29, 1.82) is 0 Å². The van der Waals surface area contributed by atoms with Crippen LogP contribution in [-0.4, -0.2) is 56.8 Å². The molecule has 4 rings (SSSR count). The number of nitrogens with zero attached hydrogens (tertiary/aromatic N) is 3. The number of rotatable bonds is 8. The number of carbonyl (C=O) groups is 3. The van der Waals surface area contributed by atoms with E-state index >= 15 is 0 Å². The highest BCUT2D eigenvalue weighted by atomic mass is 32.1. The van der Waals surface area contributed by atoms with Gasteiger partial charge in [0.15, 0.2) is 0 Å². The average molecular weight is 579 g/mol. The fourth-order valence-electron chi connectivity index (χ4n) is 5.67. The zero-order valence-electron chi connectivity index (χ0n) is 25.2. The van der Waals surface area contributed by atoms with Crippen molar-refractivity contribution < 1.29 is 19.5 Å². The third kappa shape index (κ3) is 6.54. The van der Waals surface area contributed by atoms with Crippen molar-refractivity contribution in [2.24, 2.45) is 11.3 Å². The Bertz CT molecular complexity index is 1370. The molecule has 1 aromatic carbocycles. The first-order valence-corrected chi connectivity index (χ1v) is 15.2. The van der Waals surface area contributed by atoms with Crippen LogP contribution in [0.15, 0.2) is 23.7 Å². The molecule has 1 saturated heterocycles. The minimum Gasteiger partial charge on any atom is -0.391 e. The minimum absolute atomic E-state index is 0.0355. The highest BCUT2D eigenvalue weighted by Crippen LogP contribution is 2.44. The Morgan fingerprint density at radius 3 is 2.44 bits per heavy atom. The molecule has 9 heteroatoms. The molecule has 2 N–H and O–H groups in total. The number of β-amino-alcohol motifs (C(OH)–C–C–N with tert-alkyl or cyclic N) is 1. The minimum atomic E-state index is -0.982. The van der Waals surface area contributed by atoms with Crippen molar-refractivity contribution in [2.75, 3.05) is 6.54 Å². The lowest BCUT2D eigenvalue weighted by Gasteiger charge is -2.34. The molecule has 1 aliphatic heterocycles. The molecule has 2 amide bonds. The molecule has 220 valence electrons. The van der Waals surface area contributed by atoms with Gasteiger partial charge in [-0.25, -0.2) is 11.6 Å². The summed E-state index contributed by atoms with van der Waals surface area (Å²) in [6.45, 7) is 21.9. The van der Waals surface area contributed by atoms with Crippen molar-refractivity contribution in [2.45, 2.75) is 104 Å². The van der Waals surface area contributed by atoms with E-state index in [0.717, 1.165) is 27.3 Å². The first kappa shape index (κ1) is 30.9. The molecule has 0 spiro atoms. The average Bonchev–Trinajstić information content (AvgIpc) is 3.43. The highest BCUT2D eigenvalue weighted by Gasteiger charge is 2.59. The van der Waals surface area contributed by atoms with E-state index in [0.29, 0.717) is 12.8 Å². The van der Waals surface area contributed by atoms with Crippen LogP contribution in [0.5, 0.6) is 0 Å². The summed E-state index contributed by atoms with van der Waals surface area (Å²) in [5, 5.41) is 13.5. The topological polar surface area (TPSA) is 104 Å². The summed E-state index contributed by atoms with van der Waals surface area (Å²) < 4.78 is 0. The van der Waals surface area contributed by atoms with E-state index in [-0.39, 0.29) is 48.9 Å². The Hall–Kier alpha value is -3.09. The van der Waals surface area contributed by atoms with Gasteiger partial charge in [-0.3, -0.25) is 14.4 Å². The summed E-state index contributed by atoms with van der Waals surface area (Å²) in [6, 6.07) is 5.42. The maximum atomic E-state index is 13.9. The second-order valence-corrected chi connectivity index (χ2v) is 14.5. The van der Waals surface area contributed by atoms with Gasteiger partial charge in [-0.1, -0.05) is 53.7 Å². The molecule has 1 aliphatic carbocycles.